The van der Waals surface area contributed by atoms with Gasteiger partial charge in [0.15, 0.2) is 5.02 Å². The second-order valence-electron chi connectivity index (χ2n) is 3.60. The summed E-state index contributed by atoms with van der Waals surface area (Å²) in [6.07, 6.45) is 3.29. The minimum absolute atomic E-state index is 0.0131. The molecule has 1 aromatic rings. The lowest BCUT2D eigenvalue weighted by molar-refractivity contribution is -0.389. The Morgan fingerprint density at radius 1 is 1.67 bits per heavy atom. The van der Waals surface area contributed by atoms with E-state index in [1.165, 1.54) is 10.9 Å². The van der Waals surface area contributed by atoms with Gasteiger partial charge < -0.3 is 15.2 Å². The van der Waals surface area contributed by atoms with E-state index < -0.39 is 11.0 Å². The van der Waals surface area contributed by atoms with Crippen LogP contribution < -0.4 is 0 Å². The number of nitro groups is 1. The Hall–Kier alpha value is -1.14. The van der Waals surface area contributed by atoms with Crippen molar-refractivity contribution in [2.75, 3.05) is 0 Å². The average molecular weight is 232 g/mol. The van der Waals surface area contributed by atoms with E-state index in [0.29, 0.717) is 6.42 Å². The van der Waals surface area contributed by atoms with Gasteiger partial charge in [-0.25, -0.2) is 0 Å². The largest absolute Gasteiger partial charge is 0.408 e. The van der Waals surface area contributed by atoms with Crippen LogP contribution in [0.2, 0.25) is 5.02 Å². The summed E-state index contributed by atoms with van der Waals surface area (Å²) in [7, 11) is 0. The Bertz CT molecular complexity index is 392. The number of aliphatic hydroxyl groups is 1. The number of hydrogen-bond acceptors (Lipinski definition) is 4. The molecule has 1 N–H and O–H groups in total. The van der Waals surface area contributed by atoms with Crippen molar-refractivity contribution < 1.29 is 10.0 Å². The van der Waals surface area contributed by atoms with Crippen molar-refractivity contribution in [2.24, 2.45) is 0 Å². The second-order valence-corrected chi connectivity index (χ2v) is 4.01. The van der Waals surface area contributed by atoms with Crippen molar-refractivity contribution in [1.29, 1.82) is 0 Å². The van der Waals surface area contributed by atoms with Crippen molar-refractivity contribution in [2.45, 2.75) is 31.4 Å². The van der Waals surface area contributed by atoms with Gasteiger partial charge in [-0.3, -0.25) is 0 Å². The van der Waals surface area contributed by atoms with Gasteiger partial charge in [0.2, 0.25) is 0 Å². The summed E-state index contributed by atoms with van der Waals surface area (Å²) in [6, 6.07) is -0.184. The summed E-state index contributed by atoms with van der Waals surface area (Å²) in [6.45, 7) is 0. The second kappa shape index (κ2) is 3.79. The van der Waals surface area contributed by atoms with E-state index >= 15 is 0 Å². The summed E-state index contributed by atoms with van der Waals surface area (Å²) < 4.78 is 1.40. The van der Waals surface area contributed by atoms with Crippen LogP contribution >= 0.6 is 11.6 Å². The van der Waals surface area contributed by atoms with Gasteiger partial charge in [0.05, 0.1) is 23.4 Å². The summed E-state index contributed by atoms with van der Waals surface area (Å²) in [4.78, 5) is 9.89. The standard InChI is InChI=1S/C8H10ClN3O3/c9-5-4-11(10-8(5)12(14)15)6-2-1-3-7(6)13/h4,6-7,13H,1-3H2. The molecule has 1 aliphatic carbocycles. The number of nitrogens with zero attached hydrogens (tertiary/aromatic N) is 3. The number of aliphatic hydroxyl groups excluding tert-OH is 1. The van der Waals surface area contributed by atoms with Crippen LogP contribution in [0, 0.1) is 10.1 Å². The molecule has 1 heterocycles. The van der Waals surface area contributed by atoms with E-state index in [1.807, 2.05) is 0 Å². The average Bonchev–Trinajstić information content (AvgIpc) is 2.71. The van der Waals surface area contributed by atoms with Gasteiger partial charge in [-0.15, -0.1) is 0 Å². The Kier molecular flexibility index (Phi) is 2.62. The van der Waals surface area contributed by atoms with Crippen LogP contribution in [-0.4, -0.2) is 25.9 Å². The first-order valence-electron chi connectivity index (χ1n) is 4.66. The predicted octanol–water partition coefficient (Wildman–Crippen LogP) is 1.53. The Labute approximate surface area is 90.6 Å². The molecule has 2 rings (SSSR count). The van der Waals surface area contributed by atoms with E-state index in [2.05, 4.69) is 5.10 Å². The molecule has 1 aromatic heterocycles. The first-order valence-corrected chi connectivity index (χ1v) is 5.04. The maximum Gasteiger partial charge on any atom is 0.408 e. The molecule has 1 saturated carbocycles. The number of aromatic nitrogens is 2. The first kappa shape index (κ1) is 10.4. The van der Waals surface area contributed by atoms with Crippen molar-refractivity contribution >= 4 is 17.4 Å². The van der Waals surface area contributed by atoms with Gasteiger partial charge in [-0.05, 0) is 24.2 Å². The molecule has 6 nitrogen and oxygen atoms in total. The smallest absolute Gasteiger partial charge is 0.391 e. The molecule has 0 saturated heterocycles. The monoisotopic (exact) mass is 231 g/mol. The van der Waals surface area contributed by atoms with Crippen LogP contribution in [0.1, 0.15) is 25.3 Å². The zero-order valence-corrected chi connectivity index (χ0v) is 8.59. The quantitative estimate of drug-likeness (QED) is 0.618. The Morgan fingerprint density at radius 3 is 2.87 bits per heavy atom. The molecular formula is C8H10ClN3O3. The fourth-order valence-corrected chi connectivity index (χ4v) is 2.09. The molecule has 0 amide bonds. The molecule has 2 atom stereocenters. The lowest BCUT2D eigenvalue weighted by Gasteiger charge is -2.10. The molecule has 0 aromatic carbocycles. The highest BCUT2D eigenvalue weighted by Crippen LogP contribution is 2.32. The van der Waals surface area contributed by atoms with Crippen molar-refractivity contribution in [3.05, 3.63) is 21.3 Å². The fourth-order valence-electron chi connectivity index (χ4n) is 1.88. The van der Waals surface area contributed by atoms with Gasteiger partial charge in [0.25, 0.3) is 0 Å². The van der Waals surface area contributed by atoms with E-state index in [4.69, 9.17) is 11.6 Å². The lowest BCUT2D eigenvalue weighted by atomic mass is 10.2. The first-order chi connectivity index (χ1) is 7.09. The molecule has 0 aliphatic heterocycles. The summed E-state index contributed by atoms with van der Waals surface area (Å²) in [5.74, 6) is -0.351. The van der Waals surface area contributed by atoms with Crippen LogP contribution in [0.25, 0.3) is 0 Å². The van der Waals surface area contributed by atoms with Crippen molar-refractivity contribution in [3.63, 3.8) is 0 Å². The van der Waals surface area contributed by atoms with Gasteiger partial charge in [-0.2, -0.15) is 4.68 Å². The van der Waals surface area contributed by atoms with Gasteiger partial charge in [-0.1, -0.05) is 11.6 Å². The molecular weight excluding hydrogens is 222 g/mol. The van der Waals surface area contributed by atoms with Crippen LogP contribution in [0.5, 0.6) is 0 Å². The topological polar surface area (TPSA) is 81.2 Å². The predicted molar refractivity (Wildman–Crippen MR) is 52.8 cm³/mol. The minimum atomic E-state index is -0.625. The third-order valence-electron chi connectivity index (χ3n) is 2.63. The summed E-state index contributed by atoms with van der Waals surface area (Å²) in [5, 5.41) is 23.9. The highest BCUT2D eigenvalue weighted by Gasteiger charge is 2.32. The Balaban J connectivity index is 2.29. The molecule has 82 valence electrons. The van der Waals surface area contributed by atoms with Crippen LogP contribution in [0.3, 0.4) is 0 Å². The number of rotatable bonds is 2. The zero-order chi connectivity index (χ0) is 11.0. The van der Waals surface area contributed by atoms with Crippen LogP contribution in [-0.2, 0) is 0 Å². The van der Waals surface area contributed by atoms with Gasteiger partial charge in [0, 0.05) is 0 Å². The molecule has 2 unspecified atom stereocenters. The highest BCUT2D eigenvalue weighted by atomic mass is 35.5. The lowest BCUT2D eigenvalue weighted by Crippen LogP contribution is -2.18. The highest BCUT2D eigenvalue weighted by molar-refractivity contribution is 6.32. The third-order valence-corrected chi connectivity index (χ3v) is 2.89. The molecule has 15 heavy (non-hydrogen) atoms. The van der Waals surface area contributed by atoms with E-state index in [1.54, 1.807) is 0 Å². The normalized spacial score (nSPS) is 25.7. The zero-order valence-electron chi connectivity index (χ0n) is 7.84. The van der Waals surface area contributed by atoms with Gasteiger partial charge in [0.1, 0.15) is 0 Å². The van der Waals surface area contributed by atoms with Crippen molar-refractivity contribution in [1.82, 2.24) is 9.78 Å². The van der Waals surface area contributed by atoms with Crippen LogP contribution in [0.4, 0.5) is 5.82 Å². The molecule has 0 bridgehead atoms. The Morgan fingerprint density at radius 2 is 2.40 bits per heavy atom. The summed E-state index contributed by atoms with van der Waals surface area (Å²) in [5.41, 5.74) is 0. The summed E-state index contributed by atoms with van der Waals surface area (Å²) >= 11 is 5.66. The SMILES string of the molecule is O=[N+]([O-])c1nn(C2CCCC2O)cc1Cl. The van der Waals surface area contributed by atoms with Crippen molar-refractivity contribution in [3.8, 4) is 0 Å². The fraction of sp³-hybridized carbons (Fsp3) is 0.625. The minimum Gasteiger partial charge on any atom is -0.391 e. The molecule has 0 radical (unpaired) electrons. The molecule has 1 aliphatic rings. The van der Waals surface area contributed by atoms with Crippen LogP contribution in [0.15, 0.2) is 6.20 Å². The molecule has 1 fully saturated rings. The maximum absolute atomic E-state index is 10.5. The molecule has 0 spiro atoms. The number of halogens is 1. The van der Waals surface area contributed by atoms with E-state index in [9.17, 15) is 15.2 Å². The van der Waals surface area contributed by atoms with Gasteiger partial charge >= 0.3 is 5.82 Å². The third kappa shape index (κ3) is 1.82. The van der Waals surface area contributed by atoms with E-state index in [0.717, 1.165) is 12.8 Å². The number of hydrogen-bond donors (Lipinski definition) is 1. The maximum atomic E-state index is 10.5. The van der Waals surface area contributed by atoms with E-state index in [-0.39, 0.29) is 16.9 Å². The molecule has 7 heteroatoms.